The molecule has 0 aromatic heterocycles. The molecule has 0 bridgehead atoms. The molecule has 1 heterocycles. The Morgan fingerprint density at radius 3 is 2.10 bits per heavy atom. The fraction of sp³-hybridized carbons (Fsp3) is 0.300. The van der Waals surface area contributed by atoms with Gasteiger partial charge in [0.15, 0.2) is 0 Å². The topological polar surface area (TPSA) is 78.0 Å². The average molecular weight is 472 g/mol. The van der Waals surface area contributed by atoms with Crippen molar-refractivity contribution in [1.82, 2.24) is 14.1 Å². The van der Waals surface area contributed by atoms with Gasteiger partial charge in [0, 0.05) is 33.2 Å². The second kappa shape index (κ2) is 9.29. The van der Waals surface area contributed by atoms with Crippen molar-refractivity contribution in [1.29, 1.82) is 0 Å². The molecule has 11 heteroatoms. The van der Waals surface area contributed by atoms with Crippen LogP contribution in [0.5, 0.6) is 0 Å². The highest BCUT2D eigenvalue weighted by atomic mass is 35.5. The molecule has 0 unspecified atom stereocenters. The Labute approximate surface area is 183 Å². The van der Waals surface area contributed by atoms with E-state index in [-0.39, 0.29) is 47.6 Å². The van der Waals surface area contributed by atoms with E-state index in [1.165, 1.54) is 22.9 Å². The van der Waals surface area contributed by atoms with E-state index in [1.807, 2.05) is 0 Å². The van der Waals surface area contributed by atoms with Crippen LogP contribution < -0.4 is 0 Å². The summed E-state index contributed by atoms with van der Waals surface area (Å²) in [6, 6.07) is 7.86. The molecule has 0 aliphatic carbocycles. The number of likely N-dealkylation sites (N-methyl/N-ethyl adjacent to an activating group) is 1. The number of piperazine rings is 1. The van der Waals surface area contributed by atoms with Crippen LogP contribution in [0.2, 0.25) is 5.02 Å². The summed E-state index contributed by atoms with van der Waals surface area (Å²) in [5.74, 6) is -1.89. The van der Waals surface area contributed by atoms with E-state index in [0.29, 0.717) is 0 Å². The highest BCUT2D eigenvalue weighted by molar-refractivity contribution is 7.89. The maximum absolute atomic E-state index is 13.2. The molecular formula is C20H20ClF2N3O4S. The number of carbonyl (C=O) groups excluding carboxylic acids is 2. The molecule has 0 spiro atoms. The van der Waals surface area contributed by atoms with Crippen LogP contribution in [-0.4, -0.2) is 74.1 Å². The van der Waals surface area contributed by atoms with Crippen LogP contribution in [0, 0.1) is 11.6 Å². The lowest BCUT2D eigenvalue weighted by molar-refractivity contribution is -0.132. The second-order valence-corrected chi connectivity index (χ2v) is 9.46. The van der Waals surface area contributed by atoms with Crippen LogP contribution >= 0.6 is 11.6 Å². The summed E-state index contributed by atoms with van der Waals surface area (Å²) in [7, 11) is -2.68. The number of hydrogen-bond donors (Lipinski definition) is 0. The summed E-state index contributed by atoms with van der Waals surface area (Å²) in [4.78, 5) is 28.0. The molecule has 1 aliphatic heterocycles. The normalized spacial score (nSPS) is 14.7. The molecule has 3 rings (SSSR count). The number of benzene rings is 2. The summed E-state index contributed by atoms with van der Waals surface area (Å²) < 4.78 is 52.2. The van der Waals surface area contributed by atoms with Gasteiger partial charge in [-0.05, 0) is 42.5 Å². The van der Waals surface area contributed by atoms with Crippen molar-refractivity contribution in [3.8, 4) is 0 Å². The van der Waals surface area contributed by atoms with Gasteiger partial charge in [0.2, 0.25) is 15.9 Å². The zero-order chi connectivity index (χ0) is 22.8. The zero-order valence-electron chi connectivity index (χ0n) is 16.6. The first kappa shape index (κ1) is 23.1. The highest BCUT2D eigenvalue weighted by Crippen LogP contribution is 2.20. The number of hydrogen-bond acceptors (Lipinski definition) is 4. The minimum Gasteiger partial charge on any atom is -0.338 e. The lowest BCUT2D eigenvalue weighted by Gasteiger charge is -2.35. The van der Waals surface area contributed by atoms with Crippen LogP contribution in [0.4, 0.5) is 8.78 Å². The molecule has 0 saturated carbocycles. The number of sulfonamides is 1. The van der Waals surface area contributed by atoms with Gasteiger partial charge in [0.25, 0.3) is 5.91 Å². The molecule has 1 aliphatic rings. The molecule has 2 amide bonds. The SMILES string of the molecule is CN(CC(=O)N1CCN(C(=O)c2ccc(F)cc2Cl)CC1)S(=O)(=O)c1ccc(F)cc1. The van der Waals surface area contributed by atoms with Gasteiger partial charge in [-0.15, -0.1) is 0 Å². The highest BCUT2D eigenvalue weighted by Gasteiger charge is 2.29. The second-order valence-electron chi connectivity index (χ2n) is 7.01. The van der Waals surface area contributed by atoms with Gasteiger partial charge in [0.05, 0.1) is 22.0 Å². The van der Waals surface area contributed by atoms with Crippen molar-refractivity contribution < 1.29 is 26.8 Å². The summed E-state index contributed by atoms with van der Waals surface area (Å²) in [5, 5.41) is 0.0103. The maximum atomic E-state index is 13.2. The van der Waals surface area contributed by atoms with Crippen molar-refractivity contribution in [3.05, 3.63) is 64.7 Å². The number of rotatable bonds is 5. The maximum Gasteiger partial charge on any atom is 0.255 e. The van der Waals surface area contributed by atoms with Gasteiger partial charge in [-0.25, -0.2) is 17.2 Å². The third-order valence-electron chi connectivity index (χ3n) is 4.96. The first-order valence-electron chi connectivity index (χ1n) is 9.33. The molecule has 0 N–H and O–H groups in total. The molecule has 1 fully saturated rings. The number of carbonyl (C=O) groups is 2. The third kappa shape index (κ3) is 5.20. The van der Waals surface area contributed by atoms with Crippen LogP contribution in [0.1, 0.15) is 10.4 Å². The van der Waals surface area contributed by atoms with Crippen molar-refractivity contribution in [2.24, 2.45) is 0 Å². The first-order chi connectivity index (χ1) is 14.6. The smallest absolute Gasteiger partial charge is 0.255 e. The van der Waals surface area contributed by atoms with E-state index >= 15 is 0 Å². The quantitative estimate of drug-likeness (QED) is 0.670. The molecule has 2 aromatic carbocycles. The zero-order valence-corrected chi connectivity index (χ0v) is 18.2. The predicted octanol–water partition coefficient (Wildman–Crippen LogP) is 2.22. The fourth-order valence-electron chi connectivity index (χ4n) is 3.15. The Balaban J connectivity index is 1.58. The van der Waals surface area contributed by atoms with Crippen LogP contribution in [0.25, 0.3) is 0 Å². The lowest BCUT2D eigenvalue weighted by atomic mass is 10.1. The third-order valence-corrected chi connectivity index (χ3v) is 7.09. The minimum atomic E-state index is -3.95. The Morgan fingerprint density at radius 1 is 0.968 bits per heavy atom. The van der Waals surface area contributed by atoms with E-state index in [0.717, 1.165) is 40.7 Å². The summed E-state index contributed by atoms with van der Waals surface area (Å²) in [5.41, 5.74) is 0.174. The summed E-state index contributed by atoms with van der Waals surface area (Å²) in [6.45, 7) is 0.499. The van der Waals surface area contributed by atoms with E-state index < -0.39 is 34.1 Å². The van der Waals surface area contributed by atoms with Gasteiger partial charge in [-0.1, -0.05) is 11.6 Å². The van der Waals surface area contributed by atoms with Crippen LogP contribution in [0.15, 0.2) is 47.4 Å². The van der Waals surface area contributed by atoms with Gasteiger partial charge in [-0.2, -0.15) is 4.31 Å². The molecule has 0 atom stereocenters. The first-order valence-corrected chi connectivity index (χ1v) is 11.2. The fourth-order valence-corrected chi connectivity index (χ4v) is 4.52. The Bertz CT molecular complexity index is 1090. The van der Waals surface area contributed by atoms with Gasteiger partial charge in [0.1, 0.15) is 11.6 Å². The molecule has 0 radical (unpaired) electrons. The molecule has 1 saturated heterocycles. The van der Waals surface area contributed by atoms with Crippen molar-refractivity contribution in [2.45, 2.75) is 4.90 Å². The van der Waals surface area contributed by atoms with Crippen LogP contribution in [-0.2, 0) is 14.8 Å². The van der Waals surface area contributed by atoms with E-state index in [1.54, 1.807) is 0 Å². The van der Waals surface area contributed by atoms with Crippen LogP contribution in [0.3, 0.4) is 0 Å². The standard InChI is InChI=1S/C20H20ClF2N3O4S/c1-24(31(29,30)16-5-2-14(22)3-6-16)13-19(27)25-8-10-26(11-9-25)20(28)17-7-4-15(23)12-18(17)21/h2-7,12H,8-11,13H2,1H3. The Kier molecular flexibility index (Phi) is 6.93. The van der Waals surface area contributed by atoms with Crippen molar-refractivity contribution in [2.75, 3.05) is 39.8 Å². The Morgan fingerprint density at radius 2 is 1.52 bits per heavy atom. The van der Waals surface area contributed by atoms with Gasteiger partial charge in [-0.3, -0.25) is 9.59 Å². The van der Waals surface area contributed by atoms with E-state index in [9.17, 15) is 26.8 Å². The summed E-state index contributed by atoms with van der Waals surface area (Å²) >= 11 is 5.95. The number of halogens is 3. The molecule has 166 valence electrons. The summed E-state index contributed by atoms with van der Waals surface area (Å²) in [6.07, 6.45) is 0. The monoisotopic (exact) mass is 471 g/mol. The number of amides is 2. The van der Waals surface area contributed by atoms with E-state index in [4.69, 9.17) is 11.6 Å². The Hall–Kier alpha value is -2.56. The predicted molar refractivity (Wildman–Crippen MR) is 110 cm³/mol. The largest absolute Gasteiger partial charge is 0.338 e. The molecule has 31 heavy (non-hydrogen) atoms. The number of nitrogens with zero attached hydrogens (tertiary/aromatic N) is 3. The average Bonchev–Trinajstić information content (AvgIpc) is 2.73. The van der Waals surface area contributed by atoms with E-state index in [2.05, 4.69) is 0 Å². The molecule has 7 nitrogen and oxygen atoms in total. The minimum absolute atomic E-state index is 0.0103. The molecular weight excluding hydrogens is 452 g/mol. The molecule has 2 aromatic rings. The van der Waals surface area contributed by atoms with Gasteiger partial charge >= 0.3 is 0 Å². The van der Waals surface area contributed by atoms with Crippen molar-refractivity contribution in [3.63, 3.8) is 0 Å². The van der Waals surface area contributed by atoms with Gasteiger partial charge < -0.3 is 9.80 Å². The van der Waals surface area contributed by atoms with Crippen molar-refractivity contribution >= 4 is 33.4 Å². The lowest BCUT2D eigenvalue weighted by Crippen LogP contribution is -2.52.